The second-order valence-corrected chi connectivity index (χ2v) is 6.88. The van der Waals surface area contributed by atoms with Gasteiger partial charge in [0.1, 0.15) is 6.04 Å². The van der Waals surface area contributed by atoms with Crippen molar-refractivity contribution in [2.24, 2.45) is 5.92 Å². The van der Waals surface area contributed by atoms with Gasteiger partial charge in [-0.1, -0.05) is 39.8 Å². The minimum absolute atomic E-state index is 0.297. The normalized spacial score (nSPS) is 13.2. The molecule has 0 heterocycles. The largest absolute Gasteiger partial charge is 0.464 e. The zero-order chi connectivity index (χ0) is 20.4. The highest BCUT2D eigenvalue weighted by molar-refractivity contribution is 5.77. The molecule has 1 rings (SSSR count). The number of carbonyl (C=O) groups is 1. The molecule has 0 saturated carbocycles. The molecule has 0 aromatic heterocycles. The number of ether oxygens (including phenoxy) is 1. The molecule has 0 radical (unpaired) electrons. The summed E-state index contributed by atoms with van der Waals surface area (Å²) in [4.78, 5) is 14.7. The monoisotopic (exact) mass is 388 g/mol. The SMILES string of the molecule is CCN(CC)CCNC(C(=O)OCCC(C)C)c1ccc(C(F)(F)F)cc1. The molecule has 0 amide bonds. The van der Waals surface area contributed by atoms with Gasteiger partial charge < -0.3 is 9.64 Å². The van der Waals surface area contributed by atoms with E-state index in [0.29, 0.717) is 24.6 Å². The van der Waals surface area contributed by atoms with Gasteiger partial charge in [-0.2, -0.15) is 13.2 Å². The highest BCUT2D eigenvalue weighted by atomic mass is 19.4. The third kappa shape index (κ3) is 8.30. The van der Waals surface area contributed by atoms with Crippen molar-refractivity contribution in [3.63, 3.8) is 0 Å². The van der Waals surface area contributed by atoms with Crippen molar-refractivity contribution in [1.82, 2.24) is 10.2 Å². The van der Waals surface area contributed by atoms with Crippen molar-refractivity contribution in [3.05, 3.63) is 35.4 Å². The van der Waals surface area contributed by atoms with Crippen molar-refractivity contribution in [3.8, 4) is 0 Å². The molecule has 0 fully saturated rings. The lowest BCUT2D eigenvalue weighted by molar-refractivity contribution is -0.146. The molecule has 0 aliphatic rings. The van der Waals surface area contributed by atoms with E-state index in [9.17, 15) is 18.0 Å². The van der Waals surface area contributed by atoms with E-state index in [2.05, 4.69) is 24.1 Å². The Morgan fingerprint density at radius 1 is 1.15 bits per heavy atom. The predicted molar refractivity (Wildman–Crippen MR) is 100 cm³/mol. The first-order chi connectivity index (χ1) is 12.7. The zero-order valence-electron chi connectivity index (χ0n) is 16.6. The molecule has 0 aliphatic carbocycles. The Morgan fingerprint density at radius 3 is 2.22 bits per heavy atom. The van der Waals surface area contributed by atoms with Crippen LogP contribution in [-0.2, 0) is 15.7 Å². The molecule has 1 N–H and O–H groups in total. The summed E-state index contributed by atoms with van der Waals surface area (Å²) in [6.07, 6.45) is -3.66. The van der Waals surface area contributed by atoms with E-state index in [1.165, 1.54) is 12.1 Å². The van der Waals surface area contributed by atoms with Gasteiger partial charge in [-0.25, -0.2) is 4.79 Å². The molecular formula is C20H31F3N2O2. The van der Waals surface area contributed by atoms with E-state index in [-0.39, 0.29) is 0 Å². The van der Waals surface area contributed by atoms with Gasteiger partial charge in [0.05, 0.1) is 12.2 Å². The van der Waals surface area contributed by atoms with Crippen molar-refractivity contribution in [2.45, 2.75) is 46.3 Å². The average Bonchev–Trinajstić information content (AvgIpc) is 2.61. The highest BCUT2D eigenvalue weighted by Crippen LogP contribution is 2.30. The third-order valence-corrected chi connectivity index (χ3v) is 4.42. The molecule has 154 valence electrons. The number of alkyl halides is 3. The Labute approximate surface area is 160 Å². The molecule has 4 nitrogen and oxygen atoms in total. The average molecular weight is 388 g/mol. The van der Waals surface area contributed by atoms with Crippen LogP contribution in [-0.4, -0.2) is 43.7 Å². The number of halogens is 3. The van der Waals surface area contributed by atoms with Gasteiger partial charge >= 0.3 is 12.1 Å². The summed E-state index contributed by atoms with van der Waals surface area (Å²) in [7, 11) is 0. The summed E-state index contributed by atoms with van der Waals surface area (Å²) in [6, 6.07) is 3.88. The van der Waals surface area contributed by atoms with E-state index >= 15 is 0 Å². The van der Waals surface area contributed by atoms with Gasteiger partial charge in [-0.15, -0.1) is 0 Å². The first-order valence-electron chi connectivity index (χ1n) is 9.48. The van der Waals surface area contributed by atoms with E-state index in [1.54, 1.807) is 0 Å². The lowest BCUT2D eigenvalue weighted by Gasteiger charge is -2.22. The topological polar surface area (TPSA) is 41.6 Å². The number of esters is 1. The summed E-state index contributed by atoms with van der Waals surface area (Å²) < 4.78 is 43.7. The molecule has 0 bridgehead atoms. The van der Waals surface area contributed by atoms with Gasteiger partial charge in [0.25, 0.3) is 0 Å². The highest BCUT2D eigenvalue weighted by Gasteiger charge is 2.31. The van der Waals surface area contributed by atoms with Gasteiger partial charge in [0.15, 0.2) is 0 Å². The lowest BCUT2D eigenvalue weighted by Crippen LogP contribution is -2.37. The zero-order valence-corrected chi connectivity index (χ0v) is 16.6. The van der Waals surface area contributed by atoms with Gasteiger partial charge in [-0.3, -0.25) is 5.32 Å². The van der Waals surface area contributed by atoms with E-state index in [1.807, 2.05) is 13.8 Å². The van der Waals surface area contributed by atoms with Crippen LogP contribution in [0.1, 0.15) is 51.3 Å². The van der Waals surface area contributed by atoms with E-state index in [0.717, 1.165) is 38.2 Å². The number of hydrogen-bond acceptors (Lipinski definition) is 4. The van der Waals surface area contributed by atoms with Crippen LogP contribution in [0.4, 0.5) is 13.2 Å². The maximum Gasteiger partial charge on any atom is 0.416 e. The first kappa shape index (κ1) is 23.4. The van der Waals surface area contributed by atoms with Crippen LogP contribution in [0.15, 0.2) is 24.3 Å². The van der Waals surface area contributed by atoms with Crippen LogP contribution in [0.2, 0.25) is 0 Å². The molecule has 1 atom stereocenters. The Balaban J connectivity index is 2.84. The summed E-state index contributed by atoms with van der Waals surface area (Å²) >= 11 is 0. The predicted octanol–water partition coefficient (Wildman–Crippen LogP) is 4.27. The second-order valence-electron chi connectivity index (χ2n) is 6.88. The maximum absolute atomic E-state index is 12.8. The van der Waals surface area contributed by atoms with Crippen molar-refractivity contribution in [2.75, 3.05) is 32.8 Å². The Kier molecular flexibility index (Phi) is 9.80. The molecule has 0 aliphatic heterocycles. The van der Waals surface area contributed by atoms with Crippen molar-refractivity contribution >= 4 is 5.97 Å². The van der Waals surface area contributed by atoms with Crippen LogP contribution in [0.3, 0.4) is 0 Å². The molecule has 1 unspecified atom stereocenters. The minimum Gasteiger partial charge on any atom is -0.464 e. The van der Waals surface area contributed by atoms with Crippen molar-refractivity contribution < 1.29 is 22.7 Å². The molecule has 0 spiro atoms. The van der Waals surface area contributed by atoms with Crippen LogP contribution < -0.4 is 5.32 Å². The fourth-order valence-corrected chi connectivity index (χ4v) is 2.59. The molecule has 0 saturated heterocycles. The van der Waals surface area contributed by atoms with Crippen LogP contribution >= 0.6 is 0 Å². The smallest absolute Gasteiger partial charge is 0.416 e. The van der Waals surface area contributed by atoms with Crippen LogP contribution in [0.5, 0.6) is 0 Å². The summed E-state index contributed by atoms with van der Waals surface area (Å²) in [5.41, 5.74) is -0.265. The number of benzene rings is 1. The minimum atomic E-state index is -4.40. The fourth-order valence-electron chi connectivity index (χ4n) is 2.59. The lowest BCUT2D eigenvalue weighted by atomic mass is 10.0. The summed E-state index contributed by atoms with van der Waals surface area (Å²) in [6.45, 7) is 11.5. The molecular weight excluding hydrogens is 357 g/mol. The number of likely N-dealkylation sites (N-methyl/N-ethyl adjacent to an activating group) is 1. The summed E-state index contributed by atoms with van der Waals surface area (Å²) in [5.74, 6) is -0.0621. The van der Waals surface area contributed by atoms with Crippen molar-refractivity contribution in [1.29, 1.82) is 0 Å². The van der Waals surface area contributed by atoms with Gasteiger partial charge in [0.2, 0.25) is 0 Å². The number of nitrogens with one attached hydrogen (secondary N) is 1. The maximum atomic E-state index is 12.8. The van der Waals surface area contributed by atoms with E-state index < -0.39 is 23.8 Å². The standard InChI is InChI=1S/C20H31F3N2O2/c1-5-25(6-2)13-12-24-18(19(26)27-14-11-15(3)4)16-7-9-17(10-8-16)20(21,22)23/h7-10,15,18,24H,5-6,11-14H2,1-4H3. The Bertz CT molecular complexity index is 555. The van der Waals surface area contributed by atoms with E-state index in [4.69, 9.17) is 4.74 Å². The number of rotatable bonds is 11. The van der Waals surface area contributed by atoms with Crippen LogP contribution in [0.25, 0.3) is 0 Å². The Morgan fingerprint density at radius 2 is 1.74 bits per heavy atom. The van der Waals surface area contributed by atoms with Gasteiger partial charge in [-0.05, 0) is 43.1 Å². The fraction of sp³-hybridized carbons (Fsp3) is 0.650. The number of carbonyl (C=O) groups excluding carboxylic acids is 1. The number of hydrogen-bond donors (Lipinski definition) is 1. The second kappa shape index (κ2) is 11.3. The Hall–Kier alpha value is -1.60. The molecule has 1 aromatic rings. The molecule has 7 heteroatoms. The molecule has 27 heavy (non-hydrogen) atoms. The van der Waals surface area contributed by atoms with Gasteiger partial charge in [0, 0.05) is 13.1 Å². The quantitative estimate of drug-likeness (QED) is 0.575. The number of nitrogens with zero attached hydrogens (tertiary/aromatic N) is 1. The molecule has 1 aromatic carbocycles. The summed E-state index contributed by atoms with van der Waals surface area (Å²) in [5, 5.41) is 3.13. The van der Waals surface area contributed by atoms with Crippen LogP contribution in [0, 0.1) is 5.92 Å². The third-order valence-electron chi connectivity index (χ3n) is 4.42. The first-order valence-corrected chi connectivity index (χ1v) is 9.48.